The SMILES string of the molecule is COC(=O)/C=C1/NC(=Nc2nc(C)cc(C)n2)N(c2cccc(C)c2)C1=O. The summed E-state index contributed by atoms with van der Waals surface area (Å²) in [7, 11) is 1.25. The number of aromatic nitrogens is 2. The van der Waals surface area contributed by atoms with Crippen molar-refractivity contribution in [3.05, 3.63) is 59.1 Å². The van der Waals surface area contributed by atoms with E-state index in [4.69, 9.17) is 0 Å². The Labute approximate surface area is 156 Å². The molecule has 1 aliphatic rings. The summed E-state index contributed by atoms with van der Waals surface area (Å²) in [6.07, 6.45) is 1.09. The highest BCUT2D eigenvalue weighted by molar-refractivity contribution is 6.29. The minimum absolute atomic E-state index is 0.0616. The third-order valence-corrected chi connectivity index (χ3v) is 3.79. The third kappa shape index (κ3) is 4.00. The van der Waals surface area contributed by atoms with Gasteiger partial charge in [0.2, 0.25) is 5.96 Å². The van der Waals surface area contributed by atoms with Gasteiger partial charge in [-0.3, -0.25) is 4.79 Å². The number of hydrogen-bond acceptors (Lipinski definition) is 6. The second-order valence-electron chi connectivity index (χ2n) is 6.07. The summed E-state index contributed by atoms with van der Waals surface area (Å²) in [5.41, 5.74) is 3.18. The maximum absolute atomic E-state index is 12.9. The minimum Gasteiger partial charge on any atom is -0.466 e. The highest BCUT2D eigenvalue weighted by Crippen LogP contribution is 2.23. The molecule has 1 amide bonds. The Bertz CT molecular complexity index is 961. The van der Waals surface area contributed by atoms with E-state index in [1.807, 2.05) is 45.0 Å². The van der Waals surface area contributed by atoms with E-state index in [1.165, 1.54) is 12.0 Å². The number of aryl methyl sites for hydroxylation is 3. The maximum atomic E-state index is 12.9. The van der Waals surface area contributed by atoms with Crippen molar-refractivity contribution in [1.82, 2.24) is 15.3 Å². The maximum Gasteiger partial charge on any atom is 0.332 e. The molecule has 0 bridgehead atoms. The average Bonchev–Trinajstić information content (AvgIpc) is 2.89. The Kier molecular flexibility index (Phi) is 4.98. The van der Waals surface area contributed by atoms with Crippen molar-refractivity contribution in [2.75, 3.05) is 12.0 Å². The largest absolute Gasteiger partial charge is 0.466 e. The number of carbonyl (C=O) groups is 2. The molecule has 1 N–H and O–H groups in total. The summed E-state index contributed by atoms with van der Waals surface area (Å²) in [6.45, 7) is 5.60. The van der Waals surface area contributed by atoms with Gasteiger partial charge < -0.3 is 10.1 Å². The van der Waals surface area contributed by atoms with Crippen molar-refractivity contribution in [3.8, 4) is 0 Å². The molecule has 27 heavy (non-hydrogen) atoms. The Balaban J connectivity index is 2.10. The molecule has 8 nitrogen and oxygen atoms in total. The summed E-state index contributed by atoms with van der Waals surface area (Å²) in [5, 5.41) is 2.87. The van der Waals surface area contributed by atoms with Crippen LogP contribution in [0.3, 0.4) is 0 Å². The molecule has 0 spiro atoms. The van der Waals surface area contributed by atoms with Gasteiger partial charge in [-0.15, -0.1) is 0 Å². The summed E-state index contributed by atoms with van der Waals surface area (Å²) in [6, 6.07) is 9.22. The van der Waals surface area contributed by atoms with Crippen LogP contribution in [0.2, 0.25) is 0 Å². The zero-order valence-corrected chi connectivity index (χ0v) is 15.5. The number of hydrogen-bond donors (Lipinski definition) is 1. The lowest BCUT2D eigenvalue weighted by molar-refractivity contribution is -0.135. The van der Waals surface area contributed by atoms with Gasteiger partial charge >= 0.3 is 5.97 Å². The van der Waals surface area contributed by atoms with Crippen LogP contribution >= 0.6 is 0 Å². The smallest absolute Gasteiger partial charge is 0.332 e. The van der Waals surface area contributed by atoms with Crippen LogP contribution in [0.15, 0.2) is 47.1 Å². The molecule has 138 valence electrons. The second kappa shape index (κ2) is 7.36. The Morgan fingerprint density at radius 2 is 1.89 bits per heavy atom. The molecule has 1 aromatic heterocycles. The standard InChI is InChI=1S/C19H19N5O3/c1-11-6-5-7-14(8-11)24-17(26)15(10-16(25)27-4)22-19(24)23-18-20-12(2)9-13(3)21-18/h5-10H,1-4H3,(H,20,21,22,23)/b15-10+. The highest BCUT2D eigenvalue weighted by atomic mass is 16.5. The fourth-order valence-corrected chi connectivity index (χ4v) is 2.66. The normalized spacial score (nSPS) is 16.7. The van der Waals surface area contributed by atoms with Crippen LogP contribution in [0.1, 0.15) is 17.0 Å². The lowest BCUT2D eigenvalue weighted by Crippen LogP contribution is -2.32. The van der Waals surface area contributed by atoms with Crippen LogP contribution in [-0.4, -0.2) is 34.9 Å². The molecule has 0 unspecified atom stereocenters. The molecular formula is C19H19N5O3. The highest BCUT2D eigenvalue weighted by Gasteiger charge is 2.34. The first-order valence-corrected chi connectivity index (χ1v) is 8.26. The Morgan fingerprint density at radius 1 is 1.19 bits per heavy atom. The average molecular weight is 365 g/mol. The number of ether oxygens (including phenoxy) is 1. The van der Waals surface area contributed by atoms with Gasteiger partial charge in [0.25, 0.3) is 11.9 Å². The lowest BCUT2D eigenvalue weighted by atomic mass is 10.2. The third-order valence-electron chi connectivity index (χ3n) is 3.79. The van der Waals surface area contributed by atoms with Gasteiger partial charge in [-0.05, 0) is 44.5 Å². The molecule has 8 heteroatoms. The first-order valence-electron chi connectivity index (χ1n) is 8.26. The van der Waals surface area contributed by atoms with Crippen molar-refractivity contribution in [2.24, 2.45) is 4.99 Å². The number of amides is 1. The fourth-order valence-electron chi connectivity index (χ4n) is 2.66. The van der Waals surface area contributed by atoms with Gasteiger partial charge in [0.1, 0.15) is 5.70 Å². The van der Waals surface area contributed by atoms with Gasteiger partial charge in [-0.1, -0.05) is 12.1 Å². The molecule has 1 fully saturated rings. The van der Waals surface area contributed by atoms with E-state index in [0.717, 1.165) is 23.0 Å². The number of methoxy groups -OCH3 is 1. The predicted octanol–water partition coefficient (Wildman–Crippen LogP) is 2.08. The number of guanidine groups is 1. The number of nitrogens with zero attached hydrogens (tertiary/aromatic N) is 4. The Morgan fingerprint density at radius 3 is 2.52 bits per heavy atom. The number of carbonyl (C=O) groups excluding carboxylic acids is 2. The van der Waals surface area contributed by atoms with Crippen molar-refractivity contribution >= 4 is 29.5 Å². The summed E-state index contributed by atoms with van der Waals surface area (Å²) in [5.74, 6) is -0.626. The number of esters is 1. The summed E-state index contributed by atoms with van der Waals surface area (Å²) < 4.78 is 4.61. The van der Waals surface area contributed by atoms with Crippen molar-refractivity contribution in [1.29, 1.82) is 0 Å². The Hall–Kier alpha value is -3.55. The first kappa shape index (κ1) is 18.2. The molecule has 0 aliphatic carbocycles. The van der Waals surface area contributed by atoms with Crippen LogP contribution in [0.25, 0.3) is 0 Å². The number of anilines is 1. The van der Waals surface area contributed by atoms with Crippen molar-refractivity contribution < 1.29 is 14.3 Å². The first-order chi connectivity index (χ1) is 12.9. The van der Waals surface area contributed by atoms with E-state index in [2.05, 4.69) is 25.0 Å². The zero-order chi connectivity index (χ0) is 19.6. The number of nitrogens with one attached hydrogen (secondary N) is 1. The zero-order valence-electron chi connectivity index (χ0n) is 15.5. The molecule has 0 saturated carbocycles. The lowest BCUT2D eigenvalue weighted by Gasteiger charge is -2.15. The summed E-state index contributed by atoms with van der Waals surface area (Å²) >= 11 is 0. The van der Waals surface area contributed by atoms with Crippen LogP contribution in [0.5, 0.6) is 0 Å². The minimum atomic E-state index is -0.640. The molecule has 2 aromatic rings. The van der Waals surface area contributed by atoms with Gasteiger partial charge in [-0.2, -0.15) is 4.99 Å². The molecule has 1 aliphatic heterocycles. The van der Waals surface area contributed by atoms with Crippen molar-refractivity contribution in [3.63, 3.8) is 0 Å². The fraction of sp³-hybridized carbons (Fsp3) is 0.211. The van der Waals surface area contributed by atoms with Gasteiger partial charge in [0.05, 0.1) is 18.9 Å². The van der Waals surface area contributed by atoms with Crippen LogP contribution in [0, 0.1) is 20.8 Å². The van der Waals surface area contributed by atoms with E-state index in [9.17, 15) is 9.59 Å². The topological polar surface area (TPSA) is 96.8 Å². The number of rotatable bonds is 3. The van der Waals surface area contributed by atoms with Crippen molar-refractivity contribution in [2.45, 2.75) is 20.8 Å². The number of benzene rings is 1. The predicted molar refractivity (Wildman–Crippen MR) is 101 cm³/mol. The van der Waals surface area contributed by atoms with Gasteiger partial charge in [0, 0.05) is 11.4 Å². The molecule has 1 aromatic carbocycles. The molecule has 3 rings (SSSR count). The molecular weight excluding hydrogens is 346 g/mol. The van der Waals surface area contributed by atoms with E-state index in [-0.39, 0.29) is 17.6 Å². The monoisotopic (exact) mass is 365 g/mol. The van der Waals surface area contributed by atoms with Gasteiger partial charge in [0.15, 0.2) is 0 Å². The molecule has 1 saturated heterocycles. The molecule has 2 heterocycles. The van der Waals surface area contributed by atoms with Crippen LogP contribution < -0.4 is 10.2 Å². The van der Waals surface area contributed by atoms with Crippen LogP contribution in [0.4, 0.5) is 11.6 Å². The van der Waals surface area contributed by atoms with E-state index >= 15 is 0 Å². The van der Waals surface area contributed by atoms with E-state index < -0.39 is 11.9 Å². The van der Waals surface area contributed by atoms with E-state index in [1.54, 1.807) is 6.07 Å². The molecule has 0 radical (unpaired) electrons. The quantitative estimate of drug-likeness (QED) is 0.661. The molecule has 0 atom stereocenters. The van der Waals surface area contributed by atoms with Crippen LogP contribution in [-0.2, 0) is 14.3 Å². The second-order valence-corrected chi connectivity index (χ2v) is 6.07. The van der Waals surface area contributed by atoms with E-state index in [0.29, 0.717) is 5.69 Å². The summed E-state index contributed by atoms with van der Waals surface area (Å²) in [4.78, 5) is 38.8. The van der Waals surface area contributed by atoms with Gasteiger partial charge in [-0.25, -0.2) is 19.7 Å². The number of aliphatic imine (C=N–C) groups is 1.